The molecule has 2 aliphatic heterocycles. The van der Waals surface area contributed by atoms with E-state index in [0.29, 0.717) is 53.6 Å². The molecule has 7 heteroatoms. The largest absolute Gasteiger partial charge is 0.417 e. The molecule has 0 unspecified atom stereocenters. The maximum Gasteiger partial charge on any atom is 0.192 e. The van der Waals surface area contributed by atoms with Gasteiger partial charge in [-0.25, -0.2) is 0 Å². The van der Waals surface area contributed by atoms with E-state index in [-0.39, 0.29) is 26.7 Å². The van der Waals surface area contributed by atoms with Crippen molar-refractivity contribution in [2.75, 3.05) is 19.8 Å². The van der Waals surface area contributed by atoms with Crippen LogP contribution in [0.3, 0.4) is 0 Å². The zero-order valence-corrected chi connectivity index (χ0v) is 34.7. The number of rotatable bonds is 7. The van der Waals surface area contributed by atoms with Gasteiger partial charge in [0.1, 0.15) is 0 Å². The first-order valence-electron chi connectivity index (χ1n) is 19.3. The van der Waals surface area contributed by atoms with Gasteiger partial charge >= 0.3 is 0 Å². The zero-order chi connectivity index (χ0) is 34.3. The molecule has 1 spiro atoms. The van der Waals surface area contributed by atoms with Crippen LogP contribution in [0.1, 0.15) is 121 Å². The fraction of sp³-hybridized carbons (Fsp3) is 1.00. The highest BCUT2D eigenvalue weighted by atomic mass is 28.4. The van der Waals surface area contributed by atoms with Crippen LogP contribution < -0.4 is 5.73 Å². The van der Waals surface area contributed by atoms with E-state index in [4.69, 9.17) is 24.1 Å². The van der Waals surface area contributed by atoms with Crippen LogP contribution in [0.4, 0.5) is 0 Å². The minimum absolute atomic E-state index is 0.203. The van der Waals surface area contributed by atoms with Gasteiger partial charge in [-0.05, 0) is 134 Å². The maximum atomic E-state index is 7.16. The number of fused-ring (bicyclic) bond motifs is 3. The lowest BCUT2D eigenvalue weighted by Crippen LogP contribution is -2.56. The average molecular weight is 678 g/mol. The van der Waals surface area contributed by atoms with Crippen molar-refractivity contribution in [1.29, 1.82) is 0 Å². The molecule has 0 amide bonds. The zero-order valence-electron chi connectivity index (χ0n) is 32.7. The predicted octanol–water partition coefficient (Wildman–Crippen LogP) is 10.0. The van der Waals surface area contributed by atoms with Gasteiger partial charge in [-0.3, -0.25) is 0 Å². The van der Waals surface area contributed by atoms with Crippen LogP contribution in [0.25, 0.3) is 0 Å². The second kappa shape index (κ2) is 12.5. The van der Waals surface area contributed by atoms with Gasteiger partial charge in [0.2, 0.25) is 0 Å². The van der Waals surface area contributed by atoms with Crippen molar-refractivity contribution in [2.24, 2.45) is 58.0 Å². The van der Waals surface area contributed by atoms with Gasteiger partial charge in [0.25, 0.3) is 0 Å². The molecule has 12 atom stereocenters. The topological polar surface area (TPSA) is 62.9 Å². The monoisotopic (exact) mass is 678 g/mol. The first-order valence-corrected chi connectivity index (χ1v) is 25.2. The predicted molar refractivity (Wildman–Crippen MR) is 197 cm³/mol. The lowest BCUT2D eigenvalue weighted by atomic mass is 9.48. The summed E-state index contributed by atoms with van der Waals surface area (Å²) in [6.07, 6.45) is 10.1. The molecule has 5 fully saturated rings. The van der Waals surface area contributed by atoms with Gasteiger partial charge in [-0.2, -0.15) is 0 Å². The third-order valence-corrected chi connectivity index (χ3v) is 25.1. The molecule has 3 aliphatic carbocycles. The number of hydrogen-bond donors (Lipinski definition) is 1. The Morgan fingerprint density at radius 1 is 0.804 bits per heavy atom. The van der Waals surface area contributed by atoms with Crippen LogP contribution in [0.2, 0.25) is 36.3 Å². The minimum Gasteiger partial charge on any atom is -0.417 e. The molecule has 0 radical (unpaired) electrons. The van der Waals surface area contributed by atoms with Crippen molar-refractivity contribution in [3.8, 4) is 0 Å². The Balaban J connectivity index is 1.39. The number of nitrogens with two attached hydrogens (primary N) is 1. The average Bonchev–Trinajstić information content (AvgIpc) is 3.38. The van der Waals surface area contributed by atoms with Gasteiger partial charge in [0, 0.05) is 25.0 Å². The molecular weight excluding hydrogens is 603 g/mol. The summed E-state index contributed by atoms with van der Waals surface area (Å²) in [6, 6.07) is 0. The molecule has 2 N–H and O–H groups in total. The molecule has 5 aliphatic rings. The Kier molecular flexibility index (Phi) is 10.2. The Labute approximate surface area is 286 Å². The molecule has 5 nitrogen and oxygen atoms in total. The standard InChI is InChI=1S/C39H75NO4Si2/c1-26-15-20-39(41-24-26)27(2)34-33(43-39)22-32-30(23-40)31(17-19-38(32,34)10)37(9)18-16-29(44-46(13,14)36(6,7)8)21-28(37)25-42-45(11,12)35(3,4)5/h26-34H,15-25,40H2,1-14H3/t26-,27+,28-,29+,30-,31+,32+,33+,34+,37+,38+,39-/m1/s1. The molecule has 5 rings (SSSR count). The van der Waals surface area contributed by atoms with Crippen molar-refractivity contribution >= 4 is 16.6 Å². The van der Waals surface area contributed by atoms with Gasteiger partial charge in [-0.1, -0.05) is 69.2 Å². The minimum atomic E-state index is -1.89. The summed E-state index contributed by atoms with van der Waals surface area (Å²) in [5.74, 6) is 3.55. The molecule has 0 aromatic rings. The van der Waals surface area contributed by atoms with Crippen molar-refractivity contribution in [2.45, 2.75) is 175 Å². The lowest BCUT2D eigenvalue weighted by molar-refractivity contribution is -0.272. The van der Waals surface area contributed by atoms with Gasteiger partial charge in [0.05, 0.1) is 12.7 Å². The highest BCUT2D eigenvalue weighted by molar-refractivity contribution is 6.74. The first-order chi connectivity index (χ1) is 21.0. The Bertz CT molecular complexity index is 1070. The first kappa shape index (κ1) is 37.5. The van der Waals surface area contributed by atoms with Crippen LogP contribution in [-0.4, -0.2) is 54.4 Å². The molecule has 268 valence electrons. The van der Waals surface area contributed by atoms with E-state index in [2.05, 4.69) is 95.4 Å². The van der Waals surface area contributed by atoms with Crippen molar-refractivity contribution in [1.82, 2.24) is 0 Å². The fourth-order valence-corrected chi connectivity index (χ4v) is 13.3. The molecular formula is C39H75NO4Si2. The van der Waals surface area contributed by atoms with E-state index in [1.807, 2.05) is 0 Å². The van der Waals surface area contributed by atoms with Crippen LogP contribution >= 0.6 is 0 Å². The Morgan fingerprint density at radius 2 is 1.43 bits per heavy atom. The number of hydrogen-bond acceptors (Lipinski definition) is 5. The second-order valence-corrected chi connectivity index (χ2v) is 30.2. The highest BCUT2D eigenvalue weighted by Gasteiger charge is 2.68. The molecule has 0 aromatic carbocycles. The summed E-state index contributed by atoms with van der Waals surface area (Å²) in [7, 11) is -3.75. The SMILES string of the molecule is C[C@@H]1CC[C@@]2(OC1)O[C@H]1C[C@H]3[C@H](CN)[C@@H]([C@@]4(C)CC[C@H](O[Si](C)(C)C(C)(C)C)C[C@@H]4CO[Si](C)(C)C(C)(C)C)CC[C@]3(C)[C@H]1[C@@H]2C. The quantitative estimate of drug-likeness (QED) is 0.272. The van der Waals surface area contributed by atoms with Gasteiger partial charge in [0.15, 0.2) is 22.4 Å². The summed E-state index contributed by atoms with van der Waals surface area (Å²) in [5.41, 5.74) is 7.38. The second-order valence-electron chi connectivity index (χ2n) is 20.7. The van der Waals surface area contributed by atoms with Crippen molar-refractivity contribution in [3.63, 3.8) is 0 Å². The van der Waals surface area contributed by atoms with Crippen LogP contribution in [0, 0.1) is 52.3 Å². The smallest absolute Gasteiger partial charge is 0.192 e. The van der Waals surface area contributed by atoms with E-state index >= 15 is 0 Å². The summed E-state index contributed by atoms with van der Waals surface area (Å²) < 4.78 is 27.9. The van der Waals surface area contributed by atoms with Gasteiger partial charge in [-0.15, -0.1) is 0 Å². The van der Waals surface area contributed by atoms with Crippen LogP contribution in [0.15, 0.2) is 0 Å². The fourth-order valence-electron chi connectivity index (χ4n) is 10.8. The maximum absolute atomic E-state index is 7.16. The lowest BCUT2D eigenvalue weighted by Gasteiger charge is -2.58. The Hall–Kier alpha value is 0.234. The van der Waals surface area contributed by atoms with Crippen molar-refractivity contribution < 1.29 is 18.3 Å². The molecule has 3 saturated carbocycles. The van der Waals surface area contributed by atoms with Gasteiger partial charge < -0.3 is 24.1 Å². The van der Waals surface area contributed by atoms with E-state index in [1.54, 1.807) is 0 Å². The van der Waals surface area contributed by atoms with Crippen LogP contribution in [0.5, 0.6) is 0 Å². The molecule has 2 heterocycles. The molecule has 2 saturated heterocycles. The third kappa shape index (κ3) is 6.34. The normalized spacial score (nSPS) is 45.6. The van der Waals surface area contributed by atoms with Crippen LogP contribution in [-0.2, 0) is 18.3 Å². The van der Waals surface area contributed by atoms with E-state index in [9.17, 15) is 0 Å². The summed E-state index contributed by atoms with van der Waals surface area (Å²) >= 11 is 0. The Morgan fingerprint density at radius 3 is 2.00 bits per heavy atom. The highest BCUT2D eigenvalue weighted by Crippen LogP contribution is 2.69. The molecule has 0 aromatic heterocycles. The number of ether oxygens (including phenoxy) is 2. The summed E-state index contributed by atoms with van der Waals surface area (Å²) in [5, 5.41) is 0.427. The summed E-state index contributed by atoms with van der Waals surface area (Å²) in [4.78, 5) is 0. The van der Waals surface area contributed by atoms with E-state index in [0.717, 1.165) is 39.0 Å². The summed E-state index contributed by atoms with van der Waals surface area (Å²) in [6.45, 7) is 36.5. The van der Waals surface area contributed by atoms with E-state index < -0.39 is 16.6 Å². The molecule has 0 bridgehead atoms. The van der Waals surface area contributed by atoms with E-state index in [1.165, 1.54) is 32.1 Å². The van der Waals surface area contributed by atoms with Crippen molar-refractivity contribution in [3.05, 3.63) is 0 Å². The molecule has 46 heavy (non-hydrogen) atoms. The third-order valence-electron chi connectivity index (χ3n) is 16.0.